The second-order valence-corrected chi connectivity index (χ2v) is 6.02. The predicted molar refractivity (Wildman–Crippen MR) is 79.9 cm³/mol. The van der Waals surface area contributed by atoms with Gasteiger partial charge in [-0.05, 0) is 26.8 Å². The molecule has 2 N–H and O–H groups in total. The van der Waals surface area contributed by atoms with Gasteiger partial charge in [-0.15, -0.1) is 0 Å². The Kier molecular flexibility index (Phi) is 4.23. The largest absolute Gasteiger partial charge is 0.478 e. The monoisotopic (exact) mass is 308 g/mol. The van der Waals surface area contributed by atoms with Crippen LogP contribution in [0, 0.1) is 0 Å². The first-order valence-corrected chi connectivity index (χ1v) is 6.87. The van der Waals surface area contributed by atoms with Crippen molar-refractivity contribution in [3.63, 3.8) is 0 Å². The molecule has 2 rings (SSSR count). The van der Waals surface area contributed by atoms with Crippen molar-refractivity contribution < 1.29 is 19.4 Å². The standard InChI is InChI=1S/C14H20N4O4/c1-14(2,3)22-13(21)17(4)8-10-9(12(19)20)7-15-11-5-6-16-18(10)11/h5,7,16H,6,8H2,1-4H3,(H,19,20). The van der Waals surface area contributed by atoms with E-state index in [2.05, 4.69) is 10.4 Å². The van der Waals surface area contributed by atoms with Gasteiger partial charge in [0.05, 0.1) is 12.2 Å². The van der Waals surface area contributed by atoms with E-state index in [1.54, 1.807) is 32.8 Å². The second kappa shape index (κ2) is 5.80. The summed E-state index contributed by atoms with van der Waals surface area (Å²) in [6, 6.07) is 0. The number of carboxylic acid groups (broad SMARTS) is 1. The number of nitrogens with one attached hydrogen (secondary N) is 1. The molecule has 8 heteroatoms. The minimum Gasteiger partial charge on any atom is -0.478 e. The van der Waals surface area contributed by atoms with Gasteiger partial charge >= 0.3 is 12.1 Å². The van der Waals surface area contributed by atoms with Crippen molar-refractivity contribution in [1.82, 2.24) is 15.3 Å². The number of ether oxygens (including phenoxy) is 1. The lowest BCUT2D eigenvalue weighted by Gasteiger charge is -2.31. The number of hydrazine groups is 1. The van der Waals surface area contributed by atoms with Gasteiger partial charge < -0.3 is 14.7 Å². The van der Waals surface area contributed by atoms with Crippen LogP contribution >= 0.6 is 0 Å². The lowest BCUT2D eigenvalue weighted by atomic mass is 10.1. The van der Waals surface area contributed by atoms with Crippen molar-refractivity contribution >= 4 is 18.3 Å². The molecule has 22 heavy (non-hydrogen) atoms. The molecule has 120 valence electrons. The third-order valence-corrected chi connectivity index (χ3v) is 2.99. The molecular weight excluding hydrogens is 288 g/mol. The van der Waals surface area contributed by atoms with Crippen LogP contribution in [0.1, 0.15) is 20.8 Å². The summed E-state index contributed by atoms with van der Waals surface area (Å²) in [5.74, 6) is -0.471. The third-order valence-electron chi connectivity index (χ3n) is 2.99. The Bertz CT molecular complexity index is 586. The average molecular weight is 308 g/mol. The second-order valence-electron chi connectivity index (χ2n) is 6.02. The topological polar surface area (TPSA) is 94.5 Å². The van der Waals surface area contributed by atoms with Crippen molar-refractivity contribution in [2.75, 3.05) is 20.1 Å². The van der Waals surface area contributed by atoms with E-state index in [9.17, 15) is 14.7 Å². The van der Waals surface area contributed by atoms with Gasteiger partial charge in [-0.2, -0.15) is 0 Å². The van der Waals surface area contributed by atoms with Crippen molar-refractivity contribution in [1.29, 1.82) is 0 Å². The van der Waals surface area contributed by atoms with E-state index in [-0.39, 0.29) is 12.1 Å². The molecule has 1 amide bonds. The van der Waals surface area contributed by atoms with Crippen LogP contribution in [0.25, 0.3) is 0 Å². The van der Waals surface area contributed by atoms with Crippen LogP contribution in [-0.2, 0) is 9.53 Å². The normalized spacial score (nSPS) is 17.3. The number of nitrogens with zero attached hydrogens (tertiary/aromatic N) is 3. The molecule has 0 fully saturated rings. The molecule has 8 nitrogen and oxygen atoms in total. The number of carboxylic acids is 1. The lowest BCUT2D eigenvalue weighted by Crippen LogP contribution is -2.42. The minimum absolute atomic E-state index is 0.0435. The van der Waals surface area contributed by atoms with E-state index in [0.717, 1.165) is 0 Å². The molecule has 0 saturated heterocycles. The Labute approximate surface area is 128 Å². The summed E-state index contributed by atoms with van der Waals surface area (Å²) in [5.41, 5.74) is 2.89. The van der Waals surface area contributed by atoms with Crippen LogP contribution < -0.4 is 5.43 Å². The summed E-state index contributed by atoms with van der Waals surface area (Å²) in [5, 5.41) is 10.9. The molecule has 0 atom stereocenters. The number of hydrogen-bond acceptors (Lipinski definition) is 6. The Balaban J connectivity index is 2.20. The van der Waals surface area contributed by atoms with Crippen LogP contribution in [-0.4, -0.2) is 59.0 Å². The van der Waals surface area contributed by atoms with Gasteiger partial charge in [-0.25, -0.2) is 20.0 Å². The zero-order valence-corrected chi connectivity index (χ0v) is 13.1. The van der Waals surface area contributed by atoms with Gasteiger partial charge in [0.25, 0.3) is 0 Å². The highest BCUT2D eigenvalue weighted by atomic mass is 16.6. The maximum Gasteiger partial charge on any atom is 0.410 e. The SMILES string of the molecule is CN(CC1=C(C(=O)O)C=NC2=CCNN21)C(=O)OC(C)(C)C. The number of aliphatic imine (C=N–C) groups is 1. The van der Waals surface area contributed by atoms with Crippen LogP contribution in [0.2, 0.25) is 0 Å². The van der Waals surface area contributed by atoms with E-state index >= 15 is 0 Å². The highest BCUT2D eigenvalue weighted by Gasteiger charge is 2.30. The van der Waals surface area contributed by atoms with E-state index in [1.165, 1.54) is 11.1 Å². The Morgan fingerprint density at radius 1 is 1.50 bits per heavy atom. The number of likely N-dealkylation sites (N-methyl/N-ethyl adjacent to an activating group) is 1. The van der Waals surface area contributed by atoms with Crippen molar-refractivity contribution in [2.45, 2.75) is 26.4 Å². The third kappa shape index (κ3) is 3.45. The molecule has 0 saturated carbocycles. The first kappa shape index (κ1) is 16.0. The van der Waals surface area contributed by atoms with Gasteiger partial charge in [0.1, 0.15) is 17.0 Å². The van der Waals surface area contributed by atoms with Crippen molar-refractivity contribution in [2.24, 2.45) is 4.99 Å². The zero-order chi connectivity index (χ0) is 16.5. The van der Waals surface area contributed by atoms with Crippen LogP contribution in [0.5, 0.6) is 0 Å². The number of hydrogen-bond donors (Lipinski definition) is 2. The van der Waals surface area contributed by atoms with Crippen LogP contribution in [0.4, 0.5) is 4.79 Å². The lowest BCUT2D eigenvalue weighted by molar-refractivity contribution is -0.132. The van der Waals surface area contributed by atoms with Crippen LogP contribution in [0.15, 0.2) is 28.2 Å². The highest BCUT2D eigenvalue weighted by Crippen LogP contribution is 2.23. The minimum atomic E-state index is -1.09. The van der Waals surface area contributed by atoms with Gasteiger partial charge in [-0.3, -0.25) is 5.01 Å². The molecular formula is C14H20N4O4. The maximum absolute atomic E-state index is 12.0. The molecule has 2 heterocycles. The van der Waals surface area contributed by atoms with Gasteiger partial charge in [0, 0.05) is 19.8 Å². The molecule has 0 radical (unpaired) electrons. The fourth-order valence-corrected chi connectivity index (χ4v) is 2.03. The summed E-state index contributed by atoms with van der Waals surface area (Å²) < 4.78 is 5.28. The first-order chi connectivity index (χ1) is 10.2. The van der Waals surface area contributed by atoms with E-state index in [0.29, 0.717) is 18.1 Å². The summed E-state index contributed by atoms with van der Waals surface area (Å²) in [4.78, 5) is 28.8. The Hall–Kier alpha value is -2.35. The number of aliphatic carboxylic acids is 1. The molecule has 0 bridgehead atoms. The summed E-state index contributed by atoms with van der Waals surface area (Å²) >= 11 is 0. The summed E-state index contributed by atoms with van der Waals surface area (Å²) in [6.07, 6.45) is 2.62. The van der Waals surface area contributed by atoms with Crippen molar-refractivity contribution in [3.8, 4) is 0 Å². The molecule has 2 aliphatic rings. The molecule has 0 spiro atoms. The quantitative estimate of drug-likeness (QED) is 0.806. The fourth-order valence-electron chi connectivity index (χ4n) is 2.03. The molecule has 0 unspecified atom stereocenters. The predicted octanol–water partition coefficient (Wildman–Crippen LogP) is 0.938. The zero-order valence-electron chi connectivity index (χ0n) is 13.1. The Morgan fingerprint density at radius 2 is 2.18 bits per heavy atom. The number of fused-ring (bicyclic) bond motifs is 1. The van der Waals surface area contributed by atoms with Crippen LogP contribution in [0.3, 0.4) is 0 Å². The summed E-state index contributed by atoms with van der Waals surface area (Å²) in [6.45, 7) is 5.97. The maximum atomic E-state index is 12.0. The number of amides is 1. The van der Waals surface area contributed by atoms with E-state index < -0.39 is 17.7 Å². The summed E-state index contributed by atoms with van der Waals surface area (Å²) in [7, 11) is 1.56. The number of carbonyl (C=O) groups excluding carboxylic acids is 1. The highest BCUT2D eigenvalue weighted by molar-refractivity contribution is 6.10. The Morgan fingerprint density at radius 3 is 2.77 bits per heavy atom. The van der Waals surface area contributed by atoms with E-state index in [1.807, 2.05) is 6.08 Å². The van der Waals surface area contributed by atoms with E-state index in [4.69, 9.17) is 4.74 Å². The smallest absolute Gasteiger partial charge is 0.410 e. The van der Waals surface area contributed by atoms with Gasteiger partial charge in [0.2, 0.25) is 0 Å². The first-order valence-electron chi connectivity index (χ1n) is 6.87. The molecule has 0 aromatic carbocycles. The average Bonchev–Trinajstić information content (AvgIpc) is 2.85. The molecule has 2 aliphatic heterocycles. The molecule has 0 aliphatic carbocycles. The number of carbonyl (C=O) groups is 2. The van der Waals surface area contributed by atoms with Gasteiger partial charge in [0.15, 0.2) is 0 Å². The van der Waals surface area contributed by atoms with Gasteiger partial charge in [-0.1, -0.05) is 0 Å². The fraction of sp³-hybridized carbons (Fsp3) is 0.500. The molecule has 0 aromatic rings. The molecule has 0 aromatic heterocycles. The van der Waals surface area contributed by atoms with Crippen molar-refractivity contribution in [3.05, 3.63) is 23.2 Å². The number of rotatable bonds is 3.